The molecule has 0 fully saturated rings. The molecule has 162 valence electrons. The van der Waals surface area contributed by atoms with Gasteiger partial charge >= 0.3 is 0 Å². The van der Waals surface area contributed by atoms with Crippen molar-refractivity contribution in [2.45, 2.75) is 9.79 Å². The lowest BCUT2D eigenvalue weighted by Gasteiger charge is -2.30. The van der Waals surface area contributed by atoms with Crippen molar-refractivity contribution in [3.05, 3.63) is 99.2 Å². The number of ketones is 2. The third-order valence-electron chi connectivity index (χ3n) is 6.00. The lowest BCUT2D eigenvalue weighted by atomic mass is 10.1. The van der Waals surface area contributed by atoms with Crippen LogP contribution in [0.25, 0.3) is 16.8 Å². The summed E-state index contributed by atoms with van der Waals surface area (Å²) >= 11 is 4.82. The van der Waals surface area contributed by atoms with Crippen LogP contribution in [0.1, 0.15) is 25.6 Å². The van der Waals surface area contributed by atoms with Crippen LogP contribution in [0.4, 0.5) is 16.5 Å². The topological polar surface area (TPSA) is 50.3 Å². The van der Waals surface area contributed by atoms with E-state index in [1.165, 1.54) is 11.3 Å². The summed E-state index contributed by atoms with van der Waals surface area (Å²) in [6, 6.07) is 19.9. The van der Waals surface area contributed by atoms with Crippen molar-refractivity contribution in [3.63, 3.8) is 0 Å². The quantitative estimate of drug-likeness (QED) is 0.182. The number of para-hydroxylation sites is 1. The Morgan fingerprint density at radius 2 is 1.56 bits per heavy atom. The van der Waals surface area contributed by atoms with Gasteiger partial charge in [-0.3, -0.25) is 14.5 Å². The number of aromatic nitrogens is 1. The number of hydrogen-bond acceptors (Lipinski definition) is 7. The zero-order valence-corrected chi connectivity index (χ0v) is 20.0. The van der Waals surface area contributed by atoms with Gasteiger partial charge < -0.3 is 0 Å². The van der Waals surface area contributed by atoms with E-state index in [0.717, 1.165) is 41.9 Å². The number of rotatable bonds is 2. The minimum absolute atomic E-state index is 0.199. The summed E-state index contributed by atoms with van der Waals surface area (Å²) in [5, 5.41) is 6.98. The van der Waals surface area contributed by atoms with E-state index in [9.17, 15) is 9.59 Å². The number of pyridine rings is 1. The standard InChI is InChI=1S/C27H14N2O2S3/c30-25-18-10-15-13-32-14-16(15)11-19(18)26(31)20(25)12-17-7-8-24(33-17)29-21-4-1-2-5-22(21)34-23-6-3-9-28-27(23)29/h1-14H. The Morgan fingerprint density at radius 1 is 0.824 bits per heavy atom. The Bertz CT molecular complexity index is 1600. The minimum Gasteiger partial charge on any atom is -0.288 e. The van der Waals surface area contributed by atoms with Crippen molar-refractivity contribution in [3.8, 4) is 0 Å². The van der Waals surface area contributed by atoms with Crippen molar-refractivity contribution >= 4 is 79.4 Å². The first-order valence-corrected chi connectivity index (χ1v) is 13.2. The maximum Gasteiger partial charge on any atom is 0.197 e. The molecule has 34 heavy (non-hydrogen) atoms. The van der Waals surface area contributed by atoms with Crippen LogP contribution in [0.15, 0.2) is 93.0 Å². The van der Waals surface area contributed by atoms with Crippen LogP contribution in [0.2, 0.25) is 0 Å². The third kappa shape index (κ3) is 2.94. The SMILES string of the molecule is O=C1C(=Cc2ccc(N3c4ccccc4Sc4cccnc43)s2)C(=O)c2cc3cscc3cc21. The van der Waals surface area contributed by atoms with Crippen LogP contribution < -0.4 is 4.90 Å². The Morgan fingerprint density at radius 3 is 2.35 bits per heavy atom. The van der Waals surface area contributed by atoms with Crippen molar-refractivity contribution in [1.82, 2.24) is 4.98 Å². The highest BCUT2D eigenvalue weighted by molar-refractivity contribution is 7.99. The molecule has 7 rings (SSSR count). The second-order valence-electron chi connectivity index (χ2n) is 8.02. The minimum atomic E-state index is -0.199. The smallest absolute Gasteiger partial charge is 0.197 e. The van der Waals surface area contributed by atoms with E-state index in [1.807, 2.05) is 53.2 Å². The van der Waals surface area contributed by atoms with Crippen molar-refractivity contribution < 1.29 is 9.59 Å². The first-order chi connectivity index (χ1) is 16.7. The molecule has 0 saturated heterocycles. The van der Waals surface area contributed by atoms with E-state index >= 15 is 0 Å². The summed E-state index contributed by atoms with van der Waals surface area (Å²) < 4.78 is 0. The van der Waals surface area contributed by atoms with Gasteiger partial charge in [-0.2, -0.15) is 11.3 Å². The molecule has 0 unspecified atom stereocenters. The number of hydrogen-bond donors (Lipinski definition) is 0. The molecular weight excluding hydrogens is 481 g/mol. The van der Waals surface area contributed by atoms with E-state index in [-0.39, 0.29) is 17.1 Å². The fourth-order valence-electron chi connectivity index (χ4n) is 4.41. The third-order valence-corrected chi connectivity index (χ3v) is 8.90. The molecule has 0 N–H and O–H groups in total. The lowest BCUT2D eigenvalue weighted by Crippen LogP contribution is -2.14. The molecule has 5 aromatic rings. The molecule has 0 spiro atoms. The maximum atomic E-state index is 13.1. The zero-order chi connectivity index (χ0) is 22.8. The Kier molecular flexibility index (Phi) is 4.39. The molecule has 2 aromatic carbocycles. The molecule has 1 aliphatic heterocycles. The first kappa shape index (κ1) is 19.9. The number of allylic oxidation sites excluding steroid dienone is 1. The van der Waals surface area contributed by atoms with Gasteiger partial charge in [-0.15, -0.1) is 11.3 Å². The average Bonchev–Trinajstić information content (AvgIpc) is 3.57. The van der Waals surface area contributed by atoms with Crippen LogP contribution >= 0.6 is 34.4 Å². The summed E-state index contributed by atoms with van der Waals surface area (Å²) in [7, 11) is 0. The number of benzene rings is 2. The maximum absolute atomic E-state index is 13.1. The number of nitrogens with zero attached hydrogens (tertiary/aromatic N) is 2. The van der Waals surface area contributed by atoms with Gasteiger partial charge in [0.25, 0.3) is 0 Å². The van der Waals surface area contributed by atoms with Gasteiger partial charge in [0.05, 0.1) is 16.2 Å². The summed E-state index contributed by atoms with van der Waals surface area (Å²) in [5.41, 5.74) is 2.30. The highest BCUT2D eigenvalue weighted by Gasteiger charge is 2.34. The second kappa shape index (κ2) is 7.50. The normalized spacial score (nSPS) is 14.4. The molecule has 1 aliphatic carbocycles. The average molecular weight is 495 g/mol. The number of carbonyl (C=O) groups is 2. The van der Waals surface area contributed by atoms with Gasteiger partial charge in [-0.05, 0) is 76.1 Å². The Balaban J connectivity index is 1.30. The highest BCUT2D eigenvalue weighted by atomic mass is 32.2. The number of Topliss-reactive ketones (excluding diaryl/α,β-unsaturated/α-hetero) is 2. The van der Waals surface area contributed by atoms with Gasteiger partial charge in [0.1, 0.15) is 5.00 Å². The van der Waals surface area contributed by atoms with Gasteiger partial charge in [-0.1, -0.05) is 23.9 Å². The predicted molar refractivity (Wildman–Crippen MR) is 139 cm³/mol. The number of thiophene rings is 2. The fourth-order valence-corrected chi connectivity index (χ4v) is 7.18. The highest BCUT2D eigenvalue weighted by Crippen LogP contribution is 2.51. The van der Waals surface area contributed by atoms with Crippen LogP contribution in [-0.4, -0.2) is 16.6 Å². The molecule has 0 saturated carbocycles. The molecule has 0 radical (unpaired) electrons. The fraction of sp³-hybridized carbons (Fsp3) is 0. The first-order valence-electron chi connectivity index (χ1n) is 10.6. The molecule has 2 aliphatic rings. The van der Waals surface area contributed by atoms with Crippen LogP contribution in [-0.2, 0) is 0 Å². The Hall–Kier alpha value is -3.52. The zero-order valence-electron chi connectivity index (χ0n) is 17.5. The van der Waals surface area contributed by atoms with E-state index in [2.05, 4.69) is 28.1 Å². The number of fused-ring (bicyclic) bond motifs is 4. The van der Waals surface area contributed by atoms with Gasteiger partial charge in [0.15, 0.2) is 17.4 Å². The summed E-state index contributed by atoms with van der Waals surface area (Å²) in [6.07, 6.45) is 3.53. The second-order valence-corrected chi connectivity index (χ2v) is 10.9. The van der Waals surface area contributed by atoms with Crippen LogP contribution in [0, 0.1) is 0 Å². The summed E-state index contributed by atoms with van der Waals surface area (Å²) in [6.45, 7) is 0. The molecule has 0 amide bonds. The van der Waals surface area contributed by atoms with Crippen LogP contribution in [0.5, 0.6) is 0 Å². The monoisotopic (exact) mass is 494 g/mol. The summed E-state index contributed by atoms with van der Waals surface area (Å²) in [4.78, 5) is 36.1. The molecule has 0 atom stereocenters. The predicted octanol–water partition coefficient (Wildman–Crippen LogP) is 7.75. The van der Waals surface area contributed by atoms with Crippen LogP contribution in [0.3, 0.4) is 0 Å². The van der Waals surface area contributed by atoms with Gasteiger partial charge in [-0.25, -0.2) is 4.98 Å². The van der Waals surface area contributed by atoms with E-state index in [4.69, 9.17) is 0 Å². The number of anilines is 3. The lowest BCUT2D eigenvalue weighted by molar-refractivity contribution is 0.0990. The number of carbonyl (C=O) groups excluding carboxylic acids is 2. The molecule has 7 heteroatoms. The molecule has 0 bridgehead atoms. The largest absolute Gasteiger partial charge is 0.288 e. The molecule has 4 nitrogen and oxygen atoms in total. The van der Waals surface area contributed by atoms with Crippen molar-refractivity contribution in [2.24, 2.45) is 0 Å². The van der Waals surface area contributed by atoms with Crippen molar-refractivity contribution in [2.75, 3.05) is 4.90 Å². The van der Waals surface area contributed by atoms with E-state index < -0.39 is 0 Å². The molecule has 4 heterocycles. The molecule has 3 aromatic heterocycles. The summed E-state index contributed by atoms with van der Waals surface area (Å²) in [5.74, 6) is 0.483. The van der Waals surface area contributed by atoms with E-state index in [1.54, 1.807) is 35.4 Å². The molecular formula is C27H14N2O2S3. The van der Waals surface area contributed by atoms with Crippen molar-refractivity contribution in [1.29, 1.82) is 0 Å². The van der Waals surface area contributed by atoms with E-state index in [0.29, 0.717) is 11.1 Å². The Labute approximate surface area is 207 Å². The van der Waals surface area contributed by atoms with Gasteiger partial charge in [0, 0.05) is 27.1 Å². The van der Waals surface area contributed by atoms with Gasteiger partial charge in [0.2, 0.25) is 0 Å².